The van der Waals surface area contributed by atoms with Crippen molar-refractivity contribution in [1.82, 2.24) is 14.8 Å². The van der Waals surface area contributed by atoms with E-state index >= 15 is 0 Å². The third-order valence-electron chi connectivity index (χ3n) is 3.07. The lowest BCUT2D eigenvalue weighted by molar-refractivity contribution is -0.138. The topological polar surface area (TPSA) is 73.7 Å². The van der Waals surface area contributed by atoms with Crippen LogP contribution >= 0.6 is 11.3 Å². The summed E-state index contributed by atoms with van der Waals surface area (Å²) in [7, 11) is 1.66. The standard InChI is InChI=1S/C13H21N3O3S/c1-5-9(2)16(7-12(17)18)13(19)15(4)6-11-8-20-10(3)14-11/h8-9H,5-7H2,1-4H3,(H,17,18). The molecule has 0 fully saturated rings. The molecule has 20 heavy (non-hydrogen) atoms. The van der Waals surface area contributed by atoms with Crippen molar-refractivity contribution in [3.63, 3.8) is 0 Å². The minimum atomic E-state index is -1.00. The molecular weight excluding hydrogens is 278 g/mol. The molecule has 0 bridgehead atoms. The van der Waals surface area contributed by atoms with Gasteiger partial charge in [-0.25, -0.2) is 9.78 Å². The molecule has 6 nitrogen and oxygen atoms in total. The van der Waals surface area contributed by atoms with Crippen molar-refractivity contribution >= 4 is 23.3 Å². The van der Waals surface area contributed by atoms with Gasteiger partial charge in [0.15, 0.2) is 0 Å². The second-order valence-corrected chi connectivity index (χ2v) is 5.84. The van der Waals surface area contributed by atoms with Crippen molar-refractivity contribution in [1.29, 1.82) is 0 Å². The molecule has 0 saturated heterocycles. The van der Waals surface area contributed by atoms with E-state index in [1.165, 1.54) is 21.1 Å². The van der Waals surface area contributed by atoms with Crippen LogP contribution in [0.5, 0.6) is 0 Å². The number of carbonyl (C=O) groups is 2. The molecule has 0 aliphatic carbocycles. The Kier molecular flexibility index (Phi) is 5.94. The molecule has 1 unspecified atom stereocenters. The third-order valence-corrected chi connectivity index (χ3v) is 3.89. The van der Waals surface area contributed by atoms with Crippen molar-refractivity contribution in [2.45, 2.75) is 39.8 Å². The van der Waals surface area contributed by atoms with Crippen molar-refractivity contribution in [3.8, 4) is 0 Å². The first kappa shape index (κ1) is 16.4. The largest absolute Gasteiger partial charge is 0.480 e. The van der Waals surface area contributed by atoms with Gasteiger partial charge in [-0.15, -0.1) is 11.3 Å². The predicted molar refractivity (Wildman–Crippen MR) is 77.8 cm³/mol. The van der Waals surface area contributed by atoms with Crippen molar-refractivity contribution in [3.05, 3.63) is 16.1 Å². The summed E-state index contributed by atoms with van der Waals surface area (Å²) in [5.41, 5.74) is 0.822. The van der Waals surface area contributed by atoms with Crippen LogP contribution in [0.1, 0.15) is 31.0 Å². The molecule has 0 radical (unpaired) electrons. The van der Waals surface area contributed by atoms with E-state index in [2.05, 4.69) is 4.98 Å². The highest BCUT2D eigenvalue weighted by Gasteiger charge is 2.24. The number of carbonyl (C=O) groups excluding carboxylic acids is 1. The predicted octanol–water partition coefficient (Wildman–Crippen LogP) is 2.19. The van der Waals surface area contributed by atoms with E-state index in [-0.39, 0.29) is 18.6 Å². The minimum Gasteiger partial charge on any atom is -0.480 e. The monoisotopic (exact) mass is 299 g/mol. The maximum atomic E-state index is 12.4. The Balaban J connectivity index is 2.74. The summed E-state index contributed by atoms with van der Waals surface area (Å²) in [4.78, 5) is 30.4. The average molecular weight is 299 g/mol. The molecule has 1 heterocycles. The molecule has 1 aromatic heterocycles. The highest BCUT2D eigenvalue weighted by Crippen LogP contribution is 2.12. The Morgan fingerprint density at radius 2 is 2.15 bits per heavy atom. The lowest BCUT2D eigenvalue weighted by atomic mass is 10.2. The number of thiazole rings is 1. The second kappa shape index (κ2) is 7.23. The maximum Gasteiger partial charge on any atom is 0.323 e. The van der Waals surface area contributed by atoms with Crippen LogP contribution < -0.4 is 0 Å². The Morgan fingerprint density at radius 3 is 2.60 bits per heavy atom. The summed E-state index contributed by atoms with van der Waals surface area (Å²) in [6.07, 6.45) is 0.711. The molecule has 7 heteroatoms. The molecule has 0 aliphatic rings. The van der Waals surface area contributed by atoms with Gasteiger partial charge < -0.3 is 14.9 Å². The Labute approximate surface area is 123 Å². The molecule has 1 aromatic rings. The van der Waals surface area contributed by atoms with Gasteiger partial charge in [0.1, 0.15) is 6.54 Å². The van der Waals surface area contributed by atoms with E-state index in [4.69, 9.17) is 5.11 Å². The summed E-state index contributed by atoms with van der Waals surface area (Å²) in [5.74, 6) is -1.00. The van der Waals surface area contributed by atoms with Crippen LogP contribution in [0.15, 0.2) is 5.38 Å². The first-order valence-corrected chi connectivity index (χ1v) is 7.37. The molecule has 0 saturated carbocycles. The Bertz CT molecular complexity index is 475. The first-order chi connectivity index (χ1) is 9.35. The molecule has 2 amide bonds. The van der Waals surface area contributed by atoms with Gasteiger partial charge in [-0.2, -0.15) is 0 Å². The normalized spacial score (nSPS) is 12.0. The van der Waals surface area contributed by atoms with Gasteiger partial charge in [0, 0.05) is 18.5 Å². The summed E-state index contributed by atoms with van der Waals surface area (Å²) in [5, 5.41) is 11.8. The molecule has 0 aliphatic heterocycles. The highest BCUT2D eigenvalue weighted by molar-refractivity contribution is 7.09. The van der Waals surface area contributed by atoms with Gasteiger partial charge in [0.25, 0.3) is 0 Å². The third kappa shape index (κ3) is 4.48. The SMILES string of the molecule is CCC(C)N(CC(=O)O)C(=O)N(C)Cc1csc(C)n1. The fourth-order valence-corrected chi connectivity index (χ4v) is 2.39. The molecule has 1 rings (SSSR count). The van der Waals surface area contributed by atoms with E-state index in [1.807, 2.05) is 26.2 Å². The zero-order valence-corrected chi connectivity index (χ0v) is 13.1. The van der Waals surface area contributed by atoms with Crippen LogP contribution in [-0.2, 0) is 11.3 Å². The quantitative estimate of drug-likeness (QED) is 0.874. The molecule has 0 spiro atoms. The van der Waals surface area contributed by atoms with E-state index in [0.717, 1.165) is 10.7 Å². The van der Waals surface area contributed by atoms with Gasteiger partial charge in [0.2, 0.25) is 0 Å². The number of rotatable bonds is 6. The fraction of sp³-hybridized carbons (Fsp3) is 0.615. The van der Waals surface area contributed by atoms with Gasteiger partial charge in [-0.1, -0.05) is 6.92 Å². The second-order valence-electron chi connectivity index (χ2n) is 4.78. The number of carboxylic acids is 1. The number of aryl methyl sites for hydroxylation is 1. The number of amides is 2. The van der Waals surface area contributed by atoms with Crippen molar-refractivity contribution in [2.24, 2.45) is 0 Å². The van der Waals surface area contributed by atoms with Gasteiger partial charge in [-0.05, 0) is 20.3 Å². The molecule has 112 valence electrons. The Morgan fingerprint density at radius 1 is 1.50 bits per heavy atom. The van der Waals surface area contributed by atoms with E-state index in [9.17, 15) is 9.59 Å². The molecule has 1 N–H and O–H groups in total. The minimum absolute atomic E-state index is 0.113. The molecular formula is C13H21N3O3S. The van der Waals surface area contributed by atoms with Crippen LogP contribution in [-0.4, -0.2) is 51.5 Å². The number of carboxylic acid groups (broad SMARTS) is 1. The lowest BCUT2D eigenvalue weighted by Gasteiger charge is -2.31. The number of nitrogens with zero attached hydrogens (tertiary/aromatic N) is 3. The van der Waals surface area contributed by atoms with Gasteiger partial charge in [-0.3, -0.25) is 4.79 Å². The highest BCUT2D eigenvalue weighted by atomic mass is 32.1. The summed E-state index contributed by atoms with van der Waals surface area (Å²) in [6.45, 7) is 5.79. The number of aromatic nitrogens is 1. The van der Waals surface area contributed by atoms with Crippen molar-refractivity contribution < 1.29 is 14.7 Å². The number of hydrogen-bond donors (Lipinski definition) is 1. The maximum absolute atomic E-state index is 12.4. The van der Waals surface area contributed by atoms with E-state index < -0.39 is 5.97 Å². The van der Waals surface area contributed by atoms with Gasteiger partial charge >= 0.3 is 12.0 Å². The lowest BCUT2D eigenvalue weighted by Crippen LogP contribution is -2.47. The van der Waals surface area contributed by atoms with Crippen molar-refractivity contribution in [2.75, 3.05) is 13.6 Å². The van der Waals surface area contributed by atoms with Crippen LogP contribution in [0, 0.1) is 6.92 Å². The first-order valence-electron chi connectivity index (χ1n) is 6.49. The summed E-state index contributed by atoms with van der Waals surface area (Å²) >= 11 is 1.53. The van der Waals surface area contributed by atoms with E-state index in [1.54, 1.807) is 7.05 Å². The summed E-state index contributed by atoms with van der Waals surface area (Å²) in [6, 6.07) is -0.398. The fourth-order valence-electron chi connectivity index (χ4n) is 1.79. The zero-order valence-electron chi connectivity index (χ0n) is 12.3. The number of urea groups is 1. The average Bonchev–Trinajstić information content (AvgIpc) is 2.79. The van der Waals surface area contributed by atoms with E-state index in [0.29, 0.717) is 13.0 Å². The molecule has 0 aromatic carbocycles. The van der Waals surface area contributed by atoms with Gasteiger partial charge in [0.05, 0.1) is 17.2 Å². The Hall–Kier alpha value is -1.63. The van der Waals surface area contributed by atoms with Crippen LogP contribution in [0.4, 0.5) is 4.79 Å². The zero-order chi connectivity index (χ0) is 15.3. The summed E-state index contributed by atoms with van der Waals surface area (Å²) < 4.78 is 0. The van der Waals surface area contributed by atoms with Crippen LogP contribution in [0.2, 0.25) is 0 Å². The van der Waals surface area contributed by atoms with Crippen LogP contribution in [0.3, 0.4) is 0 Å². The number of aliphatic carboxylic acids is 1. The van der Waals surface area contributed by atoms with Crippen LogP contribution in [0.25, 0.3) is 0 Å². The number of hydrogen-bond acceptors (Lipinski definition) is 4. The smallest absolute Gasteiger partial charge is 0.323 e. The molecule has 1 atom stereocenters.